The molecule has 0 spiro atoms. The lowest BCUT2D eigenvalue weighted by Crippen LogP contribution is -2.33. The van der Waals surface area contributed by atoms with Crippen molar-refractivity contribution in [3.63, 3.8) is 0 Å². The molecule has 4 heteroatoms. The second kappa shape index (κ2) is 12.9. The maximum Gasteiger partial charge on any atom is 0.269 e. The van der Waals surface area contributed by atoms with Gasteiger partial charge in [-0.05, 0) is 63.4 Å². The van der Waals surface area contributed by atoms with Crippen LogP contribution in [0.4, 0.5) is 0 Å². The number of rotatable bonds is 8. The van der Waals surface area contributed by atoms with E-state index in [0.29, 0.717) is 5.69 Å². The first kappa shape index (κ1) is 20.6. The Morgan fingerprint density at radius 1 is 1.17 bits per heavy atom. The van der Waals surface area contributed by atoms with E-state index in [4.69, 9.17) is 0 Å². The zero-order valence-corrected chi connectivity index (χ0v) is 15.8. The number of hydrogen-bond acceptors (Lipinski definition) is 3. The minimum Gasteiger partial charge on any atom is -0.351 e. The molecule has 136 valence electrons. The number of amides is 1. The average molecular weight is 334 g/mol. The first-order valence-electron chi connectivity index (χ1n) is 9.75. The first-order chi connectivity index (χ1) is 11.8. The molecule has 0 atom stereocenters. The van der Waals surface area contributed by atoms with E-state index < -0.39 is 0 Å². The molecule has 2 heterocycles. The molecule has 1 aliphatic rings. The van der Waals surface area contributed by atoms with Crippen LogP contribution in [-0.2, 0) is 6.42 Å². The molecule has 24 heavy (non-hydrogen) atoms. The number of pyridine rings is 1. The largest absolute Gasteiger partial charge is 0.351 e. The van der Waals surface area contributed by atoms with E-state index in [2.05, 4.69) is 22.1 Å². The molecule has 4 nitrogen and oxygen atoms in total. The fraction of sp³-hybridized carbons (Fsp3) is 0.700. The summed E-state index contributed by atoms with van der Waals surface area (Å²) in [4.78, 5) is 18.8. The summed E-state index contributed by atoms with van der Waals surface area (Å²) in [7, 11) is 0. The van der Waals surface area contributed by atoms with Crippen LogP contribution in [0.25, 0.3) is 0 Å². The van der Waals surface area contributed by atoms with Crippen molar-refractivity contribution in [1.82, 2.24) is 15.2 Å². The van der Waals surface area contributed by atoms with E-state index in [-0.39, 0.29) is 5.91 Å². The summed E-state index contributed by atoms with van der Waals surface area (Å²) in [5.41, 5.74) is 1.74. The van der Waals surface area contributed by atoms with Crippen LogP contribution in [0.5, 0.6) is 0 Å². The first-order valence-corrected chi connectivity index (χ1v) is 9.75. The fourth-order valence-electron chi connectivity index (χ4n) is 2.87. The van der Waals surface area contributed by atoms with Gasteiger partial charge in [0, 0.05) is 12.7 Å². The normalized spacial score (nSPS) is 14.6. The van der Waals surface area contributed by atoms with Gasteiger partial charge in [0.25, 0.3) is 5.91 Å². The average Bonchev–Trinajstić information content (AvgIpc) is 2.66. The Labute approximate surface area is 148 Å². The van der Waals surface area contributed by atoms with E-state index in [0.717, 1.165) is 25.9 Å². The monoisotopic (exact) mass is 333 g/mol. The smallest absolute Gasteiger partial charge is 0.269 e. The molecule has 0 unspecified atom stereocenters. The molecule has 1 saturated heterocycles. The van der Waals surface area contributed by atoms with Crippen LogP contribution in [0.2, 0.25) is 0 Å². The number of aryl methyl sites for hydroxylation is 1. The molecule has 0 radical (unpaired) electrons. The minimum atomic E-state index is -0.0549. The highest BCUT2D eigenvalue weighted by Gasteiger charge is 2.10. The van der Waals surface area contributed by atoms with Gasteiger partial charge in [0.1, 0.15) is 5.69 Å². The number of nitrogens with one attached hydrogen (secondary N) is 1. The van der Waals surface area contributed by atoms with Crippen molar-refractivity contribution in [2.45, 2.75) is 65.7 Å². The van der Waals surface area contributed by atoms with Crippen LogP contribution in [0.3, 0.4) is 0 Å². The second-order valence-corrected chi connectivity index (χ2v) is 6.17. The predicted molar refractivity (Wildman–Crippen MR) is 101 cm³/mol. The summed E-state index contributed by atoms with van der Waals surface area (Å²) in [5, 5.41) is 2.97. The molecule has 1 fully saturated rings. The number of piperidine rings is 1. The lowest BCUT2D eigenvalue weighted by molar-refractivity contribution is 0.0946. The third-order valence-electron chi connectivity index (χ3n) is 4.26. The van der Waals surface area contributed by atoms with Gasteiger partial charge < -0.3 is 10.2 Å². The van der Waals surface area contributed by atoms with E-state index in [1.54, 1.807) is 0 Å². The Bertz CT molecular complexity index is 439. The molecule has 1 aromatic heterocycles. The molecule has 1 aromatic rings. The SMILES string of the molecule is CC.CCCCc1ccc(C(=O)NCCCN2CCCCC2)nc1. The Kier molecular flexibility index (Phi) is 11.1. The fourth-order valence-corrected chi connectivity index (χ4v) is 2.87. The molecular weight excluding hydrogens is 298 g/mol. The van der Waals surface area contributed by atoms with Gasteiger partial charge in [0.2, 0.25) is 0 Å². The van der Waals surface area contributed by atoms with Crippen molar-refractivity contribution in [3.8, 4) is 0 Å². The summed E-state index contributed by atoms with van der Waals surface area (Å²) in [6, 6.07) is 3.86. The summed E-state index contributed by atoms with van der Waals surface area (Å²) < 4.78 is 0. The van der Waals surface area contributed by atoms with Crippen LogP contribution in [0, 0.1) is 0 Å². The zero-order valence-electron chi connectivity index (χ0n) is 15.8. The summed E-state index contributed by atoms with van der Waals surface area (Å²) in [6.07, 6.45) is 10.2. The van der Waals surface area contributed by atoms with Crippen molar-refractivity contribution in [2.24, 2.45) is 0 Å². The number of carbonyl (C=O) groups is 1. The van der Waals surface area contributed by atoms with Crippen LogP contribution in [-0.4, -0.2) is 42.0 Å². The maximum absolute atomic E-state index is 12.0. The molecule has 1 amide bonds. The van der Waals surface area contributed by atoms with Crippen molar-refractivity contribution in [3.05, 3.63) is 29.6 Å². The number of likely N-dealkylation sites (tertiary alicyclic amines) is 1. The van der Waals surface area contributed by atoms with Gasteiger partial charge in [-0.3, -0.25) is 9.78 Å². The lowest BCUT2D eigenvalue weighted by Gasteiger charge is -2.26. The molecule has 0 aromatic carbocycles. The van der Waals surface area contributed by atoms with Gasteiger partial charge in [-0.15, -0.1) is 0 Å². The van der Waals surface area contributed by atoms with Gasteiger partial charge >= 0.3 is 0 Å². The van der Waals surface area contributed by atoms with Gasteiger partial charge in [-0.25, -0.2) is 0 Å². The maximum atomic E-state index is 12.0. The molecule has 1 N–H and O–H groups in total. The van der Waals surface area contributed by atoms with Gasteiger partial charge in [-0.2, -0.15) is 0 Å². The van der Waals surface area contributed by atoms with E-state index >= 15 is 0 Å². The van der Waals surface area contributed by atoms with Crippen LogP contribution in [0.1, 0.15) is 75.3 Å². The van der Waals surface area contributed by atoms with Crippen molar-refractivity contribution < 1.29 is 4.79 Å². The Morgan fingerprint density at radius 2 is 1.92 bits per heavy atom. The number of nitrogens with zero attached hydrogens (tertiary/aromatic N) is 2. The Morgan fingerprint density at radius 3 is 2.54 bits per heavy atom. The molecule has 0 aliphatic carbocycles. The van der Waals surface area contributed by atoms with Crippen LogP contribution >= 0.6 is 0 Å². The number of aromatic nitrogens is 1. The second-order valence-electron chi connectivity index (χ2n) is 6.17. The zero-order chi connectivity index (χ0) is 17.6. The van der Waals surface area contributed by atoms with E-state index in [9.17, 15) is 4.79 Å². The quantitative estimate of drug-likeness (QED) is 0.730. The third kappa shape index (κ3) is 7.91. The standard InChI is InChI=1S/C18H29N3O.C2H6/c1-2-3-8-16-9-10-17(20-15-16)18(22)19-11-7-14-21-12-5-4-6-13-21;1-2/h9-10,15H,2-8,11-14H2,1H3,(H,19,22);1-2H3. The molecule has 0 bridgehead atoms. The van der Waals surface area contributed by atoms with Gasteiger partial charge in [-0.1, -0.05) is 39.7 Å². The highest BCUT2D eigenvalue weighted by atomic mass is 16.1. The molecule has 1 aliphatic heterocycles. The Hall–Kier alpha value is -1.42. The molecule has 2 rings (SSSR count). The van der Waals surface area contributed by atoms with E-state index in [1.807, 2.05) is 32.2 Å². The van der Waals surface area contributed by atoms with E-state index in [1.165, 1.54) is 50.8 Å². The van der Waals surface area contributed by atoms with Gasteiger partial charge in [0.15, 0.2) is 0 Å². The molecular formula is C20H35N3O. The number of unbranched alkanes of at least 4 members (excludes halogenated alkanes) is 1. The third-order valence-corrected chi connectivity index (χ3v) is 4.26. The minimum absolute atomic E-state index is 0.0549. The topological polar surface area (TPSA) is 45.2 Å². The summed E-state index contributed by atoms with van der Waals surface area (Å²) in [6.45, 7) is 10.4. The number of hydrogen-bond donors (Lipinski definition) is 1. The Balaban J connectivity index is 0.00000139. The highest BCUT2D eigenvalue weighted by molar-refractivity contribution is 5.92. The van der Waals surface area contributed by atoms with Gasteiger partial charge in [0.05, 0.1) is 0 Å². The summed E-state index contributed by atoms with van der Waals surface area (Å²) in [5.74, 6) is -0.0549. The van der Waals surface area contributed by atoms with Crippen molar-refractivity contribution in [2.75, 3.05) is 26.2 Å². The predicted octanol–water partition coefficient (Wildman–Crippen LogP) is 4.06. The van der Waals surface area contributed by atoms with Crippen LogP contribution < -0.4 is 5.32 Å². The van der Waals surface area contributed by atoms with Crippen molar-refractivity contribution in [1.29, 1.82) is 0 Å². The highest BCUT2D eigenvalue weighted by Crippen LogP contribution is 2.08. The molecule has 0 saturated carbocycles. The lowest BCUT2D eigenvalue weighted by atomic mass is 10.1. The summed E-state index contributed by atoms with van der Waals surface area (Å²) >= 11 is 0. The number of carbonyl (C=O) groups excluding carboxylic acids is 1. The van der Waals surface area contributed by atoms with Crippen LogP contribution in [0.15, 0.2) is 18.3 Å². The van der Waals surface area contributed by atoms with Crippen molar-refractivity contribution >= 4 is 5.91 Å².